The van der Waals surface area contributed by atoms with Gasteiger partial charge in [-0.15, -0.1) is 0 Å². The number of rotatable bonds is 2. The zero-order valence-electron chi connectivity index (χ0n) is 8.11. The van der Waals surface area contributed by atoms with Gasteiger partial charge in [-0.2, -0.15) is 0 Å². The van der Waals surface area contributed by atoms with Crippen LogP contribution < -0.4 is 4.74 Å². The predicted molar refractivity (Wildman–Crippen MR) is 60.4 cm³/mol. The van der Waals surface area contributed by atoms with Crippen molar-refractivity contribution in [3.05, 3.63) is 35.6 Å². The van der Waals surface area contributed by atoms with E-state index in [0.29, 0.717) is 11.3 Å². The Morgan fingerprint density at radius 3 is 2.67 bits per heavy atom. The van der Waals surface area contributed by atoms with Gasteiger partial charge in [0.15, 0.2) is 0 Å². The molecule has 0 amide bonds. The second-order valence-corrected chi connectivity index (χ2v) is 4.13. The zero-order valence-corrected chi connectivity index (χ0v) is 8.87. The lowest BCUT2D eigenvalue weighted by Gasteiger charge is -2.08. The van der Waals surface area contributed by atoms with Gasteiger partial charge < -0.3 is 4.74 Å². The van der Waals surface area contributed by atoms with E-state index in [0.717, 1.165) is 29.4 Å². The number of ether oxygens (including phenoxy) is 1. The molecule has 0 aliphatic heterocycles. The smallest absolute Gasteiger partial charge is 0.145 e. The van der Waals surface area contributed by atoms with Crippen LogP contribution in [-0.2, 0) is 0 Å². The summed E-state index contributed by atoms with van der Waals surface area (Å²) in [4.78, 5) is 4.13. The first-order valence-electron chi connectivity index (χ1n) is 5.04. The highest BCUT2D eigenvalue weighted by atomic mass is 35.5. The van der Waals surface area contributed by atoms with Gasteiger partial charge in [0.1, 0.15) is 10.9 Å². The zero-order chi connectivity index (χ0) is 10.3. The monoisotopic (exact) mass is 219 g/mol. The number of benzene rings is 1. The first-order valence-corrected chi connectivity index (χ1v) is 5.42. The second kappa shape index (κ2) is 3.38. The largest absolute Gasteiger partial charge is 0.488 e. The van der Waals surface area contributed by atoms with Gasteiger partial charge in [0.05, 0.1) is 12.3 Å². The lowest BCUT2D eigenvalue weighted by Crippen LogP contribution is -1.97. The van der Waals surface area contributed by atoms with E-state index >= 15 is 0 Å². The Labute approximate surface area is 92.8 Å². The van der Waals surface area contributed by atoms with Crippen LogP contribution in [0.2, 0.25) is 5.15 Å². The fourth-order valence-electron chi connectivity index (χ4n) is 1.59. The van der Waals surface area contributed by atoms with E-state index in [1.54, 1.807) is 6.20 Å². The molecule has 0 radical (unpaired) electrons. The normalized spacial score (nSPS) is 15.5. The van der Waals surface area contributed by atoms with Crippen molar-refractivity contribution in [2.24, 2.45) is 0 Å². The molecule has 3 rings (SSSR count). The number of hydrogen-bond acceptors (Lipinski definition) is 2. The third-order valence-corrected chi connectivity index (χ3v) is 2.83. The maximum absolute atomic E-state index is 6.01. The first-order chi connectivity index (χ1) is 7.34. The molecule has 3 heteroatoms. The van der Waals surface area contributed by atoms with Crippen molar-refractivity contribution in [3.63, 3.8) is 0 Å². The molecule has 1 aromatic carbocycles. The van der Waals surface area contributed by atoms with Gasteiger partial charge in [-0.25, -0.2) is 4.98 Å². The minimum absolute atomic E-state index is 0.386. The summed E-state index contributed by atoms with van der Waals surface area (Å²) in [5.74, 6) is 0.845. The molecule has 0 saturated heterocycles. The van der Waals surface area contributed by atoms with Crippen LogP contribution in [0.25, 0.3) is 10.8 Å². The highest BCUT2D eigenvalue weighted by Crippen LogP contribution is 2.33. The van der Waals surface area contributed by atoms with Crippen LogP contribution in [0.1, 0.15) is 12.8 Å². The van der Waals surface area contributed by atoms with Crippen LogP contribution >= 0.6 is 11.6 Å². The Morgan fingerprint density at radius 1 is 1.20 bits per heavy atom. The van der Waals surface area contributed by atoms with Crippen molar-refractivity contribution in [1.82, 2.24) is 4.98 Å². The predicted octanol–water partition coefficient (Wildman–Crippen LogP) is 3.43. The molecule has 0 bridgehead atoms. The van der Waals surface area contributed by atoms with Gasteiger partial charge in [0.25, 0.3) is 0 Å². The Hall–Kier alpha value is -1.28. The average Bonchev–Trinajstić information content (AvgIpc) is 3.07. The van der Waals surface area contributed by atoms with Crippen molar-refractivity contribution >= 4 is 22.4 Å². The van der Waals surface area contributed by atoms with Gasteiger partial charge in [-0.3, -0.25) is 0 Å². The number of halogens is 1. The van der Waals surface area contributed by atoms with Crippen LogP contribution in [0.5, 0.6) is 5.75 Å². The van der Waals surface area contributed by atoms with Gasteiger partial charge in [0.2, 0.25) is 0 Å². The van der Waals surface area contributed by atoms with Gasteiger partial charge >= 0.3 is 0 Å². The highest BCUT2D eigenvalue weighted by molar-refractivity contribution is 6.34. The number of hydrogen-bond donors (Lipinski definition) is 0. The molecule has 1 aliphatic rings. The standard InChI is InChI=1S/C12H10ClNO/c13-12-10-4-2-1-3-9(10)11(7-14-12)15-8-5-6-8/h1-4,7-8H,5-6H2. The van der Waals surface area contributed by atoms with Crippen LogP contribution in [0, 0.1) is 0 Å². The lowest BCUT2D eigenvalue weighted by atomic mass is 10.2. The molecule has 0 atom stereocenters. The number of pyridine rings is 1. The van der Waals surface area contributed by atoms with E-state index < -0.39 is 0 Å². The molecular weight excluding hydrogens is 210 g/mol. The summed E-state index contributed by atoms with van der Waals surface area (Å²) in [6.45, 7) is 0. The third-order valence-electron chi connectivity index (χ3n) is 2.53. The molecule has 1 aromatic heterocycles. The number of aromatic nitrogens is 1. The maximum Gasteiger partial charge on any atom is 0.145 e. The van der Waals surface area contributed by atoms with Crippen molar-refractivity contribution in [2.45, 2.75) is 18.9 Å². The summed E-state index contributed by atoms with van der Waals surface area (Å²) in [5.41, 5.74) is 0. The van der Waals surface area contributed by atoms with Gasteiger partial charge in [-0.05, 0) is 12.8 Å². The van der Waals surface area contributed by atoms with Crippen molar-refractivity contribution in [2.75, 3.05) is 0 Å². The minimum Gasteiger partial charge on any atom is -0.488 e. The summed E-state index contributed by atoms with van der Waals surface area (Å²) in [6.07, 6.45) is 4.40. The van der Waals surface area contributed by atoms with Crippen LogP contribution in [0.3, 0.4) is 0 Å². The summed E-state index contributed by atoms with van der Waals surface area (Å²) in [7, 11) is 0. The molecule has 1 saturated carbocycles. The first kappa shape index (κ1) is 8.98. The molecule has 76 valence electrons. The SMILES string of the molecule is Clc1ncc(OC2CC2)c2ccccc12. The molecule has 0 unspecified atom stereocenters. The molecule has 1 fully saturated rings. The number of fused-ring (bicyclic) bond motifs is 1. The number of nitrogens with zero attached hydrogens (tertiary/aromatic N) is 1. The second-order valence-electron chi connectivity index (χ2n) is 3.78. The maximum atomic E-state index is 6.01. The van der Waals surface area contributed by atoms with Crippen molar-refractivity contribution in [1.29, 1.82) is 0 Å². The Morgan fingerprint density at radius 2 is 1.93 bits per heavy atom. The Balaban J connectivity index is 2.16. The third kappa shape index (κ3) is 1.65. The molecule has 0 N–H and O–H groups in total. The molecule has 2 nitrogen and oxygen atoms in total. The van der Waals surface area contributed by atoms with E-state index in [1.807, 2.05) is 24.3 Å². The van der Waals surface area contributed by atoms with Crippen LogP contribution in [-0.4, -0.2) is 11.1 Å². The van der Waals surface area contributed by atoms with E-state index in [-0.39, 0.29) is 0 Å². The average molecular weight is 220 g/mol. The summed E-state index contributed by atoms with van der Waals surface area (Å²) in [6, 6.07) is 7.92. The fourth-order valence-corrected chi connectivity index (χ4v) is 1.81. The molecule has 1 heterocycles. The molecular formula is C12H10ClNO. The van der Waals surface area contributed by atoms with E-state index in [2.05, 4.69) is 4.98 Å². The molecule has 15 heavy (non-hydrogen) atoms. The van der Waals surface area contributed by atoms with Gasteiger partial charge in [0, 0.05) is 10.8 Å². The summed E-state index contributed by atoms with van der Waals surface area (Å²) in [5, 5.41) is 2.54. The highest BCUT2D eigenvalue weighted by Gasteiger charge is 2.24. The molecule has 2 aromatic rings. The van der Waals surface area contributed by atoms with E-state index in [4.69, 9.17) is 16.3 Å². The van der Waals surface area contributed by atoms with Crippen molar-refractivity contribution < 1.29 is 4.74 Å². The molecule has 1 aliphatic carbocycles. The lowest BCUT2D eigenvalue weighted by molar-refractivity contribution is 0.306. The minimum atomic E-state index is 0.386. The quantitative estimate of drug-likeness (QED) is 0.722. The van der Waals surface area contributed by atoms with Crippen LogP contribution in [0.15, 0.2) is 30.5 Å². The fraction of sp³-hybridized carbons (Fsp3) is 0.250. The van der Waals surface area contributed by atoms with Crippen LogP contribution in [0.4, 0.5) is 0 Å². The summed E-state index contributed by atoms with van der Waals surface area (Å²) >= 11 is 6.01. The Kier molecular flexibility index (Phi) is 2.03. The van der Waals surface area contributed by atoms with E-state index in [1.165, 1.54) is 0 Å². The van der Waals surface area contributed by atoms with Gasteiger partial charge in [-0.1, -0.05) is 35.9 Å². The van der Waals surface area contributed by atoms with Crippen molar-refractivity contribution in [3.8, 4) is 5.75 Å². The summed E-state index contributed by atoms with van der Waals surface area (Å²) < 4.78 is 5.77. The molecule has 0 spiro atoms. The topological polar surface area (TPSA) is 22.1 Å². The Bertz CT molecular complexity index is 508. The van der Waals surface area contributed by atoms with E-state index in [9.17, 15) is 0 Å².